The number of amides is 1. The molecule has 0 aliphatic carbocycles. The van der Waals surface area contributed by atoms with E-state index < -0.39 is 36.9 Å². The number of carbonyl (C=O) groups excluding carboxylic acids is 1. The average molecular weight is 919 g/mol. The highest BCUT2D eigenvalue weighted by Crippen LogP contribution is 2.18. The second-order valence-electron chi connectivity index (χ2n) is 20.3. The number of rotatable bonds is 54. The molecule has 0 radical (unpaired) electrons. The van der Waals surface area contributed by atoms with Gasteiger partial charge in [-0.3, -0.25) is 4.79 Å². The van der Waals surface area contributed by atoms with Crippen molar-refractivity contribution in [2.75, 3.05) is 6.61 Å². The maximum atomic E-state index is 12.6. The second-order valence-corrected chi connectivity index (χ2v) is 20.3. The molecule has 4 atom stereocenters. The molecule has 0 saturated heterocycles. The molecule has 4 unspecified atom stereocenters. The van der Waals surface area contributed by atoms with Crippen LogP contribution in [-0.2, 0) is 4.79 Å². The van der Waals surface area contributed by atoms with Crippen LogP contribution < -0.4 is 5.32 Å². The van der Waals surface area contributed by atoms with Crippen molar-refractivity contribution in [2.45, 2.75) is 340 Å². The Morgan fingerprint density at radius 2 is 0.631 bits per heavy atom. The number of unbranched alkanes of at least 4 members (excludes halogenated alkanes) is 41. The number of carbonyl (C=O) groups is 1. The van der Waals surface area contributed by atoms with Crippen molar-refractivity contribution in [2.24, 2.45) is 0 Å². The van der Waals surface area contributed by atoms with E-state index in [1.54, 1.807) is 0 Å². The van der Waals surface area contributed by atoms with Gasteiger partial charge >= 0.3 is 0 Å². The van der Waals surface area contributed by atoms with Gasteiger partial charge in [-0.05, 0) is 64.2 Å². The molecule has 0 aromatic carbocycles. The molecule has 6 nitrogen and oxygen atoms in total. The molecule has 1 amide bonds. The first-order chi connectivity index (χ1) is 32.0. The van der Waals surface area contributed by atoms with E-state index in [1.807, 2.05) is 0 Å². The van der Waals surface area contributed by atoms with Gasteiger partial charge in [0.2, 0.25) is 5.91 Å². The summed E-state index contributed by atoms with van der Waals surface area (Å²) in [6.45, 7) is 4.07. The summed E-state index contributed by atoms with van der Waals surface area (Å²) in [4.78, 5) is 12.6. The molecule has 386 valence electrons. The lowest BCUT2D eigenvalue weighted by Crippen LogP contribution is -2.53. The van der Waals surface area contributed by atoms with Gasteiger partial charge in [0.25, 0.3) is 0 Å². The molecule has 65 heavy (non-hydrogen) atoms. The van der Waals surface area contributed by atoms with Crippen LogP contribution in [0.1, 0.15) is 316 Å². The minimum absolute atomic E-state index is 0.366. The largest absolute Gasteiger partial charge is 0.394 e. The number of aliphatic hydroxyl groups excluding tert-OH is 4. The van der Waals surface area contributed by atoms with Gasteiger partial charge in [0.05, 0.1) is 18.8 Å². The van der Waals surface area contributed by atoms with Crippen LogP contribution in [0.25, 0.3) is 0 Å². The van der Waals surface area contributed by atoms with Gasteiger partial charge < -0.3 is 25.7 Å². The highest BCUT2D eigenvalue weighted by atomic mass is 16.3. The summed E-state index contributed by atoms with van der Waals surface area (Å²) < 4.78 is 0. The molecule has 0 heterocycles. The van der Waals surface area contributed by atoms with E-state index >= 15 is 0 Å². The van der Waals surface area contributed by atoms with Gasteiger partial charge in [-0.1, -0.05) is 276 Å². The van der Waals surface area contributed by atoms with Crippen molar-refractivity contribution >= 4 is 5.91 Å². The molecule has 0 saturated carbocycles. The maximum absolute atomic E-state index is 12.6. The molecule has 6 heteroatoms. The zero-order valence-corrected chi connectivity index (χ0v) is 43.8. The zero-order chi connectivity index (χ0) is 47.4. The third-order valence-corrected chi connectivity index (χ3v) is 13.9. The number of aliphatic hydroxyl groups is 4. The summed E-state index contributed by atoms with van der Waals surface area (Å²) in [6.07, 6.45) is 65.6. The third kappa shape index (κ3) is 47.6. The monoisotopic (exact) mass is 918 g/mol. The predicted octanol–water partition coefficient (Wildman–Crippen LogP) is 17.0. The molecule has 0 bridgehead atoms. The standard InChI is InChI=1S/C59H115NO5/c1-3-5-7-9-11-13-15-17-19-20-21-22-23-24-25-26-27-28-29-30-31-32-33-34-35-36-37-39-41-43-45-47-49-51-53-57(63)59(65)60-55(54-61)58(64)56(62)52-50-48-46-44-42-40-38-18-16-14-12-10-8-6-4-2/h26-27,44,46,55-58,61-64H,3-25,28-43,45,47-54H2,1-2H3,(H,60,65)/b27-26-,46-44+. The first-order valence-electron chi connectivity index (χ1n) is 29.2. The fourth-order valence-corrected chi connectivity index (χ4v) is 9.29. The first-order valence-corrected chi connectivity index (χ1v) is 29.2. The van der Waals surface area contributed by atoms with Crippen molar-refractivity contribution in [3.05, 3.63) is 24.3 Å². The van der Waals surface area contributed by atoms with Crippen LogP contribution in [0.3, 0.4) is 0 Å². The molecule has 0 fully saturated rings. The Kier molecular flexibility index (Phi) is 52.7. The van der Waals surface area contributed by atoms with Gasteiger partial charge in [-0.15, -0.1) is 0 Å². The lowest BCUT2D eigenvalue weighted by molar-refractivity contribution is -0.132. The predicted molar refractivity (Wildman–Crippen MR) is 284 cm³/mol. The second kappa shape index (κ2) is 53.7. The van der Waals surface area contributed by atoms with E-state index in [4.69, 9.17) is 0 Å². The van der Waals surface area contributed by atoms with Crippen LogP contribution in [0, 0.1) is 0 Å². The van der Waals surface area contributed by atoms with E-state index in [0.29, 0.717) is 12.8 Å². The molecule has 0 rings (SSSR count). The molecular formula is C59H115NO5. The van der Waals surface area contributed by atoms with Crippen LogP contribution >= 0.6 is 0 Å². The van der Waals surface area contributed by atoms with E-state index in [-0.39, 0.29) is 0 Å². The Bertz CT molecular complexity index is 986. The van der Waals surface area contributed by atoms with Gasteiger partial charge in [-0.2, -0.15) is 0 Å². The number of nitrogens with one attached hydrogen (secondary N) is 1. The van der Waals surface area contributed by atoms with Gasteiger partial charge in [0, 0.05) is 0 Å². The SMILES string of the molecule is CCCCCCCCCCCC/C=C/CCCC(O)C(O)C(CO)NC(=O)C(O)CCCCCCCCCCCCCCCCCC/C=C\CCCCCCCCCCCCCCCC. The summed E-state index contributed by atoms with van der Waals surface area (Å²) in [5, 5.41) is 43.9. The van der Waals surface area contributed by atoms with Crippen LogP contribution in [0.15, 0.2) is 24.3 Å². The van der Waals surface area contributed by atoms with Crippen molar-refractivity contribution < 1.29 is 25.2 Å². The fourth-order valence-electron chi connectivity index (χ4n) is 9.29. The van der Waals surface area contributed by atoms with Crippen LogP contribution in [-0.4, -0.2) is 57.3 Å². The Hall–Kier alpha value is -1.21. The van der Waals surface area contributed by atoms with Crippen LogP contribution in [0.5, 0.6) is 0 Å². The Labute approximate surface area is 405 Å². The third-order valence-electron chi connectivity index (χ3n) is 13.9. The summed E-state index contributed by atoms with van der Waals surface area (Å²) in [5.41, 5.74) is 0. The van der Waals surface area contributed by atoms with E-state index in [0.717, 1.165) is 38.5 Å². The minimum Gasteiger partial charge on any atom is -0.394 e. The van der Waals surface area contributed by atoms with E-state index in [9.17, 15) is 25.2 Å². The van der Waals surface area contributed by atoms with Crippen molar-refractivity contribution in [3.63, 3.8) is 0 Å². The summed E-state index contributed by atoms with van der Waals surface area (Å²) in [6, 6.07) is -1.000. The van der Waals surface area contributed by atoms with Gasteiger partial charge in [0.1, 0.15) is 12.2 Å². The van der Waals surface area contributed by atoms with Crippen molar-refractivity contribution in [1.29, 1.82) is 0 Å². The lowest BCUT2D eigenvalue weighted by atomic mass is 10.00. The summed E-state index contributed by atoms with van der Waals surface area (Å²) in [7, 11) is 0. The minimum atomic E-state index is -1.28. The molecule has 5 N–H and O–H groups in total. The van der Waals surface area contributed by atoms with Crippen molar-refractivity contribution in [1.82, 2.24) is 5.32 Å². The summed E-state index contributed by atoms with van der Waals surface area (Å²) in [5.74, 6) is -0.589. The van der Waals surface area contributed by atoms with Gasteiger partial charge in [-0.25, -0.2) is 0 Å². The quantitative estimate of drug-likeness (QED) is 0.0308. The molecule has 0 aliphatic heterocycles. The lowest BCUT2D eigenvalue weighted by Gasteiger charge is -2.27. The Balaban J connectivity index is 3.55. The molecular weight excluding hydrogens is 803 g/mol. The normalized spacial score (nSPS) is 13.9. The Morgan fingerprint density at radius 3 is 0.923 bits per heavy atom. The highest BCUT2D eigenvalue weighted by Gasteiger charge is 2.28. The van der Waals surface area contributed by atoms with Crippen LogP contribution in [0.2, 0.25) is 0 Å². The number of hydrogen-bond donors (Lipinski definition) is 5. The Morgan fingerprint density at radius 1 is 0.369 bits per heavy atom. The van der Waals surface area contributed by atoms with Crippen LogP contribution in [0.4, 0.5) is 0 Å². The van der Waals surface area contributed by atoms with E-state index in [1.165, 1.54) is 250 Å². The maximum Gasteiger partial charge on any atom is 0.249 e. The average Bonchev–Trinajstić information content (AvgIpc) is 3.31. The number of allylic oxidation sites excluding steroid dienone is 4. The zero-order valence-electron chi connectivity index (χ0n) is 43.8. The van der Waals surface area contributed by atoms with Gasteiger partial charge in [0.15, 0.2) is 0 Å². The molecule has 0 aromatic heterocycles. The smallest absolute Gasteiger partial charge is 0.249 e. The first kappa shape index (κ1) is 63.8. The molecule has 0 aromatic rings. The number of hydrogen-bond acceptors (Lipinski definition) is 5. The topological polar surface area (TPSA) is 110 Å². The summed E-state index contributed by atoms with van der Waals surface area (Å²) >= 11 is 0. The molecule has 0 spiro atoms. The molecule has 0 aliphatic rings. The van der Waals surface area contributed by atoms with E-state index in [2.05, 4.69) is 43.5 Å². The van der Waals surface area contributed by atoms with Crippen molar-refractivity contribution in [3.8, 4) is 0 Å². The highest BCUT2D eigenvalue weighted by molar-refractivity contribution is 5.80. The fraction of sp³-hybridized carbons (Fsp3) is 0.915.